The Morgan fingerprint density at radius 2 is 1.56 bits per heavy atom. The van der Waals surface area contributed by atoms with Gasteiger partial charge in [-0.1, -0.05) is 40.0 Å². The number of hydrogen-bond donors (Lipinski definition) is 0. The molecule has 0 bridgehead atoms. The molecule has 0 aliphatic heterocycles. The van der Waals surface area contributed by atoms with E-state index in [9.17, 15) is 9.59 Å². The van der Waals surface area contributed by atoms with E-state index in [0.29, 0.717) is 18.8 Å². The summed E-state index contributed by atoms with van der Waals surface area (Å²) in [7, 11) is 0. The summed E-state index contributed by atoms with van der Waals surface area (Å²) in [5.74, 6) is 0.0747. The molecule has 0 heterocycles. The largest absolute Gasteiger partial charge is 0.465 e. The van der Waals surface area contributed by atoms with Crippen LogP contribution in [0.3, 0.4) is 0 Å². The van der Waals surface area contributed by atoms with Gasteiger partial charge in [-0.05, 0) is 59.3 Å². The van der Waals surface area contributed by atoms with Crippen LogP contribution in [0.2, 0.25) is 0 Å². The van der Waals surface area contributed by atoms with E-state index in [2.05, 4.69) is 0 Å². The standard InChI is InChI=1S/C19H34O4.C2H6/c1-6-18(2,3)17(21)22-14-10-13-16(20)23-19(4,5)15-11-8-7-9-12-15;1-2/h15H,6-14H2,1-5H3;1-2H3. The molecule has 0 amide bonds. The van der Waals surface area contributed by atoms with E-state index in [1.807, 2.05) is 48.5 Å². The Kier molecular flexibility index (Phi) is 11.0. The lowest BCUT2D eigenvalue weighted by Crippen LogP contribution is -2.37. The maximum absolute atomic E-state index is 12.0. The van der Waals surface area contributed by atoms with Gasteiger partial charge < -0.3 is 9.47 Å². The molecule has 0 aromatic carbocycles. The van der Waals surface area contributed by atoms with Gasteiger partial charge in [-0.2, -0.15) is 0 Å². The zero-order valence-electron chi connectivity index (χ0n) is 17.6. The molecule has 0 unspecified atom stereocenters. The first kappa shape index (κ1) is 23.9. The van der Waals surface area contributed by atoms with Crippen molar-refractivity contribution in [3.05, 3.63) is 0 Å². The monoisotopic (exact) mass is 356 g/mol. The normalized spacial score (nSPS) is 15.8. The first-order chi connectivity index (χ1) is 11.7. The number of hydrogen-bond acceptors (Lipinski definition) is 4. The van der Waals surface area contributed by atoms with E-state index in [1.54, 1.807) is 0 Å². The van der Waals surface area contributed by atoms with Crippen LogP contribution in [0.1, 0.15) is 99.8 Å². The molecule has 148 valence electrons. The highest BCUT2D eigenvalue weighted by Crippen LogP contribution is 2.35. The summed E-state index contributed by atoms with van der Waals surface area (Å²) in [6.07, 6.45) is 7.60. The van der Waals surface area contributed by atoms with Crippen LogP contribution >= 0.6 is 0 Å². The Balaban J connectivity index is 0.00000277. The fourth-order valence-corrected chi connectivity index (χ4v) is 2.95. The van der Waals surface area contributed by atoms with Crippen molar-refractivity contribution in [3.63, 3.8) is 0 Å². The van der Waals surface area contributed by atoms with Gasteiger partial charge in [0.15, 0.2) is 0 Å². The van der Waals surface area contributed by atoms with E-state index >= 15 is 0 Å². The summed E-state index contributed by atoms with van der Waals surface area (Å²) in [4.78, 5) is 23.9. The first-order valence-corrected chi connectivity index (χ1v) is 10.1. The third kappa shape index (κ3) is 8.73. The molecule has 25 heavy (non-hydrogen) atoms. The minimum Gasteiger partial charge on any atom is -0.465 e. The molecule has 0 spiro atoms. The van der Waals surface area contributed by atoms with E-state index < -0.39 is 11.0 Å². The number of carbonyl (C=O) groups excluding carboxylic acids is 2. The predicted molar refractivity (Wildman–Crippen MR) is 102 cm³/mol. The van der Waals surface area contributed by atoms with Gasteiger partial charge in [0.1, 0.15) is 5.60 Å². The second-order valence-electron chi connectivity index (χ2n) is 7.89. The second kappa shape index (κ2) is 11.5. The van der Waals surface area contributed by atoms with Crippen molar-refractivity contribution in [2.75, 3.05) is 6.61 Å². The molecule has 1 aliphatic rings. The average Bonchev–Trinajstić information content (AvgIpc) is 2.60. The minimum atomic E-state index is -0.455. The third-order valence-electron chi connectivity index (χ3n) is 5.16. The highest BCUT2D eigenvalue weighted by atomic mass is 16.6. The third-order valence-corrected chi connectivity index (χ3v) is 5.16. The molecular weight excluding hydrogens is 316 g/mol. The zero-order chi connectivity index (χ0) is 19.5. The van der Waals surface area contributed by atoms with Crippen molar-refractivity contribution >= 4 is 11.9 Å². The van der Waals surface area contributed by atoms with E-state index in [1.165, 1.54) is 19.3 Å². The molecule has 4 heteroatoms. The Hall–Kier alpha value is -1.06. The lowest BCUT2D eigenvalue weighted by Gasteiger charge is -2.36. The van der Waals surface area contributed by atoms with Gasteiger partial charge in [0.2, 0.25) is 0 Å². The van der Waals surface area contributed by atoms with Gasteiger partial charge in [0.25, 0.3) is 0 Å². The fraction of sp³-hybridized carbons (Fsp3) is 0.905. The summed E-state index contributed by atoms with van der Waals surface area (Å²) in [6.45, 7) is 14.0. The highest BCUT2D eigenvalue weighted by Gasteiger charge is 2.34. The number of esters is 2. The van der Waals surface area contributed by atoms with Gasteiger partial charge >= 0.3 is 11.9 Å². The number of rotatable bonds is 8. The summed E-state index contributed by atoms with van der Waals surface area (Å²) >= 11 is 0. The van der Waals surface area contributed by atoms with Crippen molar-refractivity contribution in [2.24, 2.45) is 11.3 Å². The quantitative estimate of drug-likeness (QED) is 0.415. The molecule has 0 aromatic heterocycles. The molecule has 0 N–H and O–H groups in total. The molecule has 4 nitrogen and oxygen atoms in total. The van der Waals surface area contributed by atoms with Crippen LogP contribution in [0.4, 0.5) is 0 Å². The van der Waals surface area contributed by atoms with Crippen molar-refractivity contribution < 1.29 is 19.1 Å². The van der Waals surface area contributed by atoms with Crippen molar-refractivity contribution in [1.29, 1.82) is 0 Å². The van der Waals surface area contributed by atoms with Gasteiger partial charge in [-0.3, -0.25) is 9.59 Å². The van der Waals surface area contributed by atoms with Gasteiger partial charge in [0, 0.05) is 6.42 Å². The van der Waals surface area contributed by atoms with Crippen LogP contribution in [0.5, 0.6) is 0 Å². The maximum Gasteiger partial charge on any atom is 0.311 e. The SMILES string of the molecule is CC.CCC(C)(C)C(=O)OCCCC(=O)OC(C)(C)C1CCCCC1. The van der Waals surface area contributed by atoms with Crippen molar-refractivity contribution in [3.8, 4) is 0 Å². The van der Waals surface area contributed by atoms with Crippen LogP contribution < -0.4 is 0 Å². The van der Waals surface area contributed by atoms with Crippen LogP contribution in [-0.2, 0) is 19.1 Å². The zero-order valence-corrected chi connectivity index (χ0v) is 17.6. The Morgan fingerprint density at radius 3 is 2.08 bits per heavy atom. The minimum absolute atomic E-state index is 0.189. The van der Waals surface area contributed by atoms with Crippen molar-refractivity contribution in [1.82, 2.24) is 0 Å². The molecule has 1 saturated carbocycles. The Bertz CT molecular complexity index is 393. The Labute approximate surface area is 155 Å². The Morgan fingerprint density at radius 1 is 1.00 bits per heavy atom. The smallest absolute Gasteiger partial charge is 0.311 e. The summed E-state index contributed by atoms with van der Waals surface area (Å²) in [6, 6.07) is 0. The van der Waals surface area contributed by atoms with Crippen molar-refractivity contribution in [2.45, 2.75) is 105 Å². The van der Waals surface area contributed by atoms with Gasteiger partial charge in [-0.25, -0.2) is 0 Å². The molecule has 0 atom stereocenters. The molecular formula is C21H40O4. The van der Waals surface area contributed by atoms with Crippen LogP contribution in [-0.4, -0.2) is 24.1 Å². The van der Waals surface area contributed by atoms with Crippen LogP contribution in [0.15, 0.2) is 0 Å². The average molecular weight is 357 g/mol. The molecule has 1 fully saturated rings. The lowest BCUT2D eigenvalue weighted by molar-refractivity contribution is -0.164. The van der Waals surface area contributed by atoms with Gasteiger partial charge in [-0.15, -0.1) is 0 Å². The van der Waals surface area contributed by atoms with E-state index in [0.717, 1.165) is 19.3 Å². The molecule has 0 saturated heterocycles. The predicted octanol–water partition coefficient (Wildman–Crippen LogP) is 5.67. The second-order valence-corrected chi connectivity index (χ2v) is 7.89. The highest BCUT2D eigenvalue weighted by molar-refractivity contribution is 5.75. The van der Waals surface area contributed by atoms with Gasteiger partial charge in [0.05, 0.1) is 12.0 Å². The topological polar surface area (TPSA) is 52.6 Å². The number of ether oxygens (including phenoxy) is 2. The summed E-state index contributed by atoms with van der Waals surface area (Å²) in [5.41, 5.74) is -0.845. The summed E-state index contributed by atoms with van der Waals surface area (Å²) < 4.78 is 10.9. The number of carbonyl (C=O) groups is 2. The molecule has 1 aliphatic carbocycles. The lowest BCUT2D eigenvalue weighted by atomic mass is 9.79. The van der Waals surface area contributed by atoms with Crippen LogP contribution in [0.25, 0.3) is 0 Å². The maximum atomic E-state index is 12.0. The van der Waals surface area contributed by atoms with Crippen LogP contribution in [0, 0.1) is 11.3 Å². The first-order valence-electron chi connectivity index (χ1n) is 10.1. The molecule has 0 aromatic rings. The molecule has 0 radical (unpaired) electrons. The van der Waals surface area contributed by atoms with E-state index in [4.69, 9.17) is 9.47 Å². The van der Waals surface area contributed by atoms with E-state index in [-0.39, 0.29) is 18.5 Å². The fourth-order valence-electron chi connectivity index (χ4n) is 2.95. The summed E-state index contributed by atoms with van der Waals surface area (Å²) in [5, 5.41) is 0. The molecule has 1 rings (SSSR count).